The fraction of sp³-hybridized carbons (Fsp3) is 0.321. The Labute approximate surface area is 221 Å². The number of rotatable bonds is 6. The highest BCUT2D eigenvalue weighted by molar-refractivity contribution is 7.89. The van der Waals surface area contributed by atoms with E-state index < -0.39 is 10.0 Å². The lowest BCUT2D eigenvalue weighted by Gasteiger charge is -2.30. The van der Waals surface area contributed by atoms with Crippen molar-refractivity contribution in [2.75, 3.05) is 18.0 Å². The Morgan fingerprint density at radius 1 is 1.16 bits per heavy atom. The molecule has 192 valence electrons. The van der Waals surface area contributed by atoms with Gasteiger partial charge in [-0.2, -0.15) is 4.31 Å². The van der Waals surface area contributed by atoms with E-state index in [4.69, 9.17) is 4.98 Å². The summed E-state index contributed by atoms with van der Waals surface area (Å²) in [6, 6.07) is 14.2. The van der Waals surface area contributed by atoms with Gasteiger partial charge in [0.2, 0.25) is 10.0 Å². The van der Waals surface area contributed by atoms with Gasteiger partial charge in [-0.15, -0.1) is 0 Å². The van der Waals surface area contributed by atoms with Gasteiger partial charge in [-0.25, -0.2) is 13.4 Å². The minimum atomic E-state index is -3.59. The van der Waals surface area contributed by atoms with Crippen molar-refractivity contribution in [3.63, 3.8) is 0 Å². The molecule has 1 unspecified atom stereocenters. The first-order valence-electron chi connectivity index (χ1n) is 12.4. The van der Waals surface area contributed by atoms with Crippen LogP contribution in [0.4, 0.5) is 5.13 Å². The minimum Gasteiger partial charge on any atom is -0.279 e. The quantitative estimate of drug-likeness (QED) is 0.323. The molecule has 0 radical (unpaired) electrons. The summed E-state index contributed by atoms with van der Waals surface area (Å²) in [7, 11) is -3.59. The number of fused-ring (bicyclic) bond motifs is 1. The Kier molecular flexibility index (Phi) is 7.11. The van der Waals surface area contributed by atoms with Crippen molar-refractivity contribution >= 4 is 42.6 Å². The van der Waals surface area contributed by atoms with E-state index in [0.717, 1.165) is 39.7 Å². The normalized spacial score (nSPS) is 16.7. The molecule has 1 amide bonds. The second-order valence-electron chi connectivity index (χ2n) is 9.81. The maximum atomic E-state index is 13.8. The summed E-state index contributed by atoms with van der Waals surface area (Å²) in [4.78, 5) is 24.7. The number of thiazole rings is 1. The first kappa shape index (κ1) is 25.5. The number of hydrogen-bond acceptors (Lipinski definition) is 6. The maximum Gasteiger partial charge on any atom is 0.260 e. The summed E-state index contributed by atoms with van der Waals surface area (Å²) >= 11 is 1.47. The zero-order chi connectivity index (χ0) is 26.2. The van der Waals surface area contributed by atoms with Gasteiger partial charge in [0.25, 0.3) is 5.91 Å². The summed E-state index contributed by atoms with van der Waals surface area (Å²) in [6.45, 7) is 7.50. The lowest BCUT2D eigenvalue weighted by atomic mass is 10.0. The van der Waals surface area contributed by atoms with Crippen LogP contribution >= 0.6 is 11.3 Å². The molecule has 1 aliphatic heterocycles. The van der Waals surface area contributed by atoms with Gasteiger partial charge < -0.3 is 0 Å². The molecule has 1 fully saturated rings. The molecule has 37 heavy (non-hydrogen) atoms. The summed E-state index contributed by atoms with van der Waals surface area (Å²) in [5.74, 6) is 0.0967. The lowest BCUT2D eigenvalue weighted by molar-refractivity contribution is 0.0985. The van der Waals surface area contributed by atoms with E-state index >= 15 is 0 Å². The summed E-state index contributed by atoms with van der Waals surface area (Å²) < 4.78 is 28.9. The van der Waals surface area contributed by atoms with Crippen LogP contribution in [0, 0.1) is 19.8 Å². The number of nitrogens with zero attached hydrogens (tertiary/aromatic N) is 4. The Morgan fingerprint density at radius 2 is 1.95 bits per heavy atom. The molecule has 0 aliphatic carbocycles. The van der Waals surface area contributed by atoms with Gasteiger partial charge in [0.05, 0.1) is 21.7 Å². The molecule has 0 saturated carbocycles. The molecule has 9 heteroatoms. The maximum absolute atomic E-state index is 13.8. The molecular weight excluding hydrogens is 504 g/mol. The first-order chi connectivity index (χ1) is 17.7. The van der Waals surface area contributed by atoms with Gasteiger partial charge in [0.15, 0.2) is 5.13 Å². The summed E-state index contributed by atoms with van der Waals surface area (Å²) in [5.41, 5.74) is 4.37. The van der Waals surface area contributed by atoms with Gasteiger partial charge in [0, 0.05) is 31.0 Å². The number of aromatic nitrogens is 2. The van der Waals surface area contributed by atoms with E-state index in [1.807, 2.05) is 26.0 Å². The largest absolute Gasteiger partial charge is 0.279 e. The Hall–Kier alpha value is -3.14. The fourth-order valence-electron chi connectivity index (χ4n) is 4.81. The second-order valence-corrected chi connectivity index (χ2v) is 12.8. The van der Waals surface area contributed by atoms with E-state index in [-0.39, 0.29) is 10.8 Å². The molecule has 3 heterocycles. The predicted octanol–water partition coefficient (Wildman–Crippen LogP) is 5.58. The number of amides is 1. The number of anilines is 1. The standard InChI is InChI=1S/C28H30N4O3S2/c1-19-6-5-13-31(17-19)37(34,35)24-10-8-23(9-11-24)27(33)32(18-22-7-4-12-29-16-22)28-30-26-21(3)14-20(2)15-25(26)36-28/h4,7-12,14-16,19H,5-6,13,17-18H2,1-3H3. The van der Waals surface area contributed by atoms with Crippen molar-refractivity contribution in [3.8, 4) is 0 Å². The van der Waals surface area contributed by atoms with Crippen LogP contribution in [0.5, 0.6) is 0 Å². The van der Waals surface area contributed by atoms with Crippen LogP contribution < -0.4 is 4.90 Å². The molecule has 2 aromatic carbocycles. The molecule has 0 spiro atoms. The number of benzene rings is 2. The SMILES string of the molecule is Cc1cc(C)c2nc(N(Cc3cccnc3)C(=O)c3ccc(S(=O)(=O)N4CCCC(C)C4)cc3)sc2c1. The zero-order valence-electron chi connectivity index (χ0n) is 21.2. The summed E-state index contributed by atoms with van der Waals surface area (Å²) in [6.07, 6.45) is 5.33. The average Bonchev–Trinajstić information content (AvgIpc) is 3.32. The van der Waals surface area contributed by atoms with Crippen molar-refractivity contribution in [3.05, 3.63) is 83.2 Å². The molecular formula is C28H30N4O3S2. The van der Waals surface area contributed by atoms with E-state index in [0.29, 0.717) is 36.2 Å². The number of aryl methyl sites for hydroxylation is 2. The minimum absolute atomic E-state index is 0.211. The van der Waals surface area contributed by atoms with Crippen LogP contribution in [-0.4, -0.2) is 41.7 Å². The van der Waals surface area contributed by atoms with Crippen LogP contribution in [0.2, 0.25) is 0 Å². The van der Waals surface area contributed by atoms with Gasteiger partial charge in [-0.05, 0) is 85.7 Å². The van der Waals surface area contributed by atoms with E-state index in [1.54, 1.807) is 33.7 Å². The third kappa shape index (κ3) is 5.30. The highest BCUT2D eigenvalue weighted by Gasteiger charge is 2.29. The van der Waals surface area contributed by atoms with Gasteiger partial charge in [-0.3, -0.25) is 14.7 Å². The smallest absolute Gasteiger partial charge is 0.260 e. The monoisotopic (exact) mass is 534 g/mol. The molecule has 2 aromatic heterocycles. The molecule has 0 N–H and O–H groups in total. The molecule has 1 atom stereocenters. The van der Waals surface area contributed by atoms with Crippen LogP contribution in [0.3, 0.4) is 0 Å². The van der Waals surface area contributed by atoms with Gasteiger partial charge in [-0.1, -0.05) is 30.4 Å². The molecule has 4 aromatic rings. The van der Waals surface area contributed by atoms with Crippen molar-refractivity contribution in [2.24, 2.45) is 5.92 Å². The molecule has 1 aliphatic rings. The molecule has 5 rings (SSSR count). The molecule has 0 bridgehead atoms. The second kappa shape index (κ2) is 10.3. The van der Waals surface area contributed by atoms with E-state index in [1.165, 1.54) is 23.5 Å². The van der Waals surface area contributed by atoms with Crippen LogP contribution in [-0.2, 0) is 16.6 Å². The van der Waals surface area contributed by atoms with Gasteiger partial charge >= 0.3 is 0 Å². The molecule has 1 saturated heterocycles. The van der Waals surface area contributed by atoms with Crippen molar-refractivity contribution in [1.29, 1.82) is 0 Å². The van der Waals surface area contributed by atoms with Crippen molar-refractivity contribution in [2.45, 2.75) is 45.1 Å². The number of carbonyl (C=O) groups is 1. The van der Waals surface area contributed by atoms with Crippen molar-refractivity contribution < 1.29 is 13.2 Å². The van der Waals surface area contributed by atoms with Crippen LogP contribution in [0.15, 0.2) is 65.8 Å². The Bertz CT molecular complexity index is 1530. The van der Waals surface area contributed by atoms with Gasteiger partial charge in [0.1, 0.15) is 0 Å². The highest BCUT2D eigenvalue weighted by Crippen LogP contribution is 2.33. The average molecular weight is 535 g/mol. The highest BCUT2D eigenvalue weighted by atomic mass is 32.2. The van der Waals surface area contributed by atoms with E-state index in [2.05, 4.69) is 24.0 Å². The summed E-state index contributed by atoms with van der Waals surface area (Å²) in [5, 5.41) is 0.594. The predicted molar refractivity (Wildman–Crippen MR) is 147 cm³/mol. The van der Waals surface area contributed by atoms with Crippen molar-refractivity contribution in [1.82, 2.24) is 14.3 Å². The number of carbonyl (C=O) groups excluding carboxylic acids is 1. The number of hydrogen-bond donors (Lipinski definition) is 0. The van der Waals surface area contributed by atoms with E-state index in [9.17, 15) is 13.2 Å². The molecule has 7 nitrogen and oxygen atoms in total. The first-order valence-corrected chi connectivity index (χ1v) is 14.7. The third-order valence-electron chi connectivity index (χ3n) is 6.72. The number of sulfonamides is 1. The van der Waals surface area contributed by atoms with Crippen LogP contribution in [0.25, 0.3) is 10.2 Å². The fourth-order valence-corrected chi connectivity index (χ4v) is 7.55. The number of pyridine rings is 1. The zero-order valence-corrected chi connectivity index (χ0v) is 22.8. The third-order valence-corrected chi connectivity index (χ3v) is 9.62. The lowest BCUT2D eigenvalue weighted by Crippen LogP contribution is -2.39. The van der Waals surface area contributed by atoms with Crippen LogP contribution in [0.1, 0.15) is 46.8 Å². The number of piperidine rings is 1. The topological polar surface area (TPSA) is 83.5 Å². The Balaban J connectivity index is 1.48. The Morgan fingerprint density at radius 3 is 2.65 bits per heavy atom.